The third-order valence-corrected chi connectivity index (χ3v) is 5.86. The fourth-order valence-electron chi connectivity index (χ4n) is 4.27. The molecule has 27 heavy (non-hydrogen) atoms. The minimum atomic E-state index is -0.243. The number of hydrogen-bond donors (Lipinski definition) is 1. The summed E-state index contributed by atoms with van der Waals surface area (Å²) in [5.41, 5.74) is 0.277. The maximum Gasteiger partial charge on any atom is 0.273 e. The molecular formula is C19H31N5O3. The highest BCUT2D eigenvalue weighted by atomic mass is 16.5. The second-order valence-electron chi connectivity index (χ2n) is 7.55. The maximum atomic E-state index is 13.1. The van der Waals surface area contributed by atoms with Crippen LogP contribution in [0.2, 0.25) is 0 Å². The van der Waals surface area contributed by atoms with Gasteiger partial charge in [-0.3, -0.25) is 14.5 Å². The van der Waals surface area contributed by atoms with Crippen LogP contribution in [0.3, 0.4) is 0 Å². The van der Waals surface area contributed by atoms with Gasteiger partial charge in [-0.1, -0.05) is 5.16 Å². The van der Waals surface area contributed by atoms with Crippen LogP contribution >= 0.6 is 0 Å². The lowest BCUT2D eigenvalue weighted by Gasteiger charge is -2.38. The minimum absolute atomic E-state index is 0.0571. The Morgan fingerprint density at radius 2 is 2.00 bits per heavy atom. The first kappa shape index (κ1) is 19.8. The zero-order valence-corrected chi connectivity index (χ0v) is 16.6. The van der Waals surface area contributed by atoms with E-state index in [1.54, 1.807) is 6.07 Å². The first-order valence-corrected chi connectivity index (χ1v) is 9.97. The van der Waals surface area contributed by atoms with E-state index >= 15 is 0 Å². The van der Waals surface area contributed by atoms with E-state index in [9.17, 15) is 9.59 Å². The Balaban J connectivity index is 1.71. The maximum absolute atomic E-state index is 13.1. The number of likely N-dealkylation sites (N-methyl/N-ethyl adjacent to an activating group) is 1. The topological polar surface area (TPSA) is 81.9 Å². The predicted octanol–water partition coefficient (Wildman–Crippen LogP) is 0.810. The van der Waals surface area contributed by atoms with Crippen molar-refractivity contribution < 1.29 is 14.1 Å². The number of nitrogens with one attached hydrogen (secondary N) is 1. The Hall–Kier alpha value is -1.93. The van der Waals surface area contributed by atoms with Crippen LogP contribution in [0.25, 0.3) is 0 Å². The Kier molecular flexibility index (Phi) is 6.49. The van der Waals surface area contributed by atoms with Gasteiger partial charge in [0, 0.05) is 37.8 Å². The second-order valence-corrected chi connectivity index (χ2v) is 7.55. The highest BCUT2D eigenvalue weighted by Gasteiger charge is 2.42. The molecule has 0 spiro atoms. The summed E-state index contributed by atoms with van der Waals surface area (Å²) in [4.78, 5) is 32.0. The summed E-state index contributed by atoms with van der Waals surface area (Å²) in [6, 6.07) is 1.72. The summed E-state index contributed by atoms with van der Waals surface area (Å²) >= 11 is 0. The number of nitrogens with zero attached hydrogens (tertiary/aromatic N) is 4. The van der Waals surface area contributed by atoms with Gasteiger partial charge in [-0.2, -0.15) is 0 Å². The van der Waals surface area contributed by atoms with Crippen molar-refractivity contribution >= 4 is 11.8 Å². The summed E-state index contributed by atoms with van der Waals surface area (Å²) in [5, 5.41) is 6.74. The Morgan fingerprint density at radius 3 is 2.59 bits per heavy atom. The van der Waals surface area contributed by atoms with Gasteiger partial charge in [0.05, 0.1) is 6.04 Å². The molecule has 0 radical (unpaired) electrons. The third-order valence-electron chi connectivity index (χ3n) is 5.86. The molecule has 2 aliphatic rings. The highest BCUT2D eigenvalue weighted by molar-refractivity contribution is 5.92. The van der Waals surface area contributed by atoms with Crippen molar-refractivity contribution in [3.63, 3.8) is 0 Å². The minimum Gasteiger partial charge on any atom is -0.364 e. The fraction of sp³-hybridized carbons (Fsp3) is 0.737. The first-order chi connectivity index (χ1) is 13.0. The fourth-order valence-corrected chi connectivity index (χ4v) is 4.27. The molecule has 2 fully saturated rings. The molecule has 3 rings (SSSR count). The van der Waals surface area contributed by atoms with Crippen LogP contribution in [0.15, 0.2) is 16.9 Å². The van der Waals surface area contributed by atoms with E-state index < -0.39 is 0 Å². The number of carbonyl (C=O) groups excluding carboxylic acids is 2. The third kappa shape index (κ3) is 4.50. The van der Waals surface area contributed by atoms with Gasteiger partial charge < -0.3 is 19.6 Å². The summed E-state index contributed by atoms with van der Waals surface area (Å²) in [5.74, 6) is -0.0647. The van der Waals surface area contributed by atoms with Gasteiger partial charge >= 0.3 is 0 Å². The molecule has 2 atom stereocenters. The molecule has 0 bridgehead atoms. The Morgan fingerprint density at radius 1 is 1.30 bits per heavy atom. The molecular weight excluding hydrogens is 346 g/mol. The number of rotatable bonds is 6. The average Bonchev–Trinajstić information content (AvgIpc) is 3.33. The van der Waals surface area contributed by atoms with Crippen LogP contribution in [0.5, 0.6) is 0 Å². The van der Waals surface area contributed by atoms with Crippen molar-refractivity contribution in [3.05, 3.63) is 18.0 Å². The number of hydrogen-bond acceptors (Lipinski definition) is 6. The quantitative estimate of drug-likeness (QED) is 0.790. The number of piperidine rings is 1. The van der Waals surface area contributed by atoms with E-state index in [0.717, 1.165) is 25.9 Å². The van der Waals surface area contributed by atoms with Crippen LogP contribution in [0.1, 0.15) is 43.6 Å². The zero-order chi connectivity index (χ0) is 19.4. The molecule has 0 saturated carbocycles. The number of aromatic nitrogens is 1. The van der Waals surface area contributed by atoms with Gasteiger partial charge in [0.2, 0.25) is 5.91 Å². The normalized spacial score (nSPS) is 24.9. The molecule has 1 aromatic heterocycles. The van der Waals surface area contributed by atoms with Crippen molar-refractivity contribution in [1.82, 2.24) is 25.2 Å². The van der Waals surface area contributed by atoms with E-state index in [2.05, 4.69) is 27.3 Å². The van der Waals surface area contributed by atoms with E-state index in [-0.39, 0.29) is 29.6 Å². The zero-order valence-electron chi connectivity index (χ0n) is 16.6. The monoisotopic (exact) mass is 377 g/mol. The van der Waals surface area contributed by atoms with Crippen molar-refractivity contribution in [2.24, 2.45) is 0 Å². The van der Waals surface area contributed by atoms with Gasteiger partial charge in [0.25, 0.3) is 5.91 Å². The van der Waals surface area contributed by atoms with Crippen LogP contribution < -0.4 is 5.32 Å². The van der Waals surface area contributed by atoms with Gasteiger partial charge in [-0.25, -0.2) is 0 Å². The molecule has 1 aromatic rings. The van der Waals surface area contributed by atoms with E-state index in [0.29, 0.717) is 32.1 Å². The number of carbonyl (C=O) groups is 2. The van der Waals surface area contributed by atoms with Crippen LogP contribution in [0, 0.1) is 0 Å². The molecule has 150 valence electrons. The molecule has 8 nitrogen and oxygen atoms in total. The second kappa shape index (κ2) is 8.84. The summed E-state index contributed by atoms with van der Waals surface area (Å²) in [7, 11) is 2.14. The average molecular weight is 377 g/mol. The molecule has 0 aromatic carbocycles. The molecule has 2 saturated heterocycles. The predicted molar refractivity (Wildman–Crippen MR) is 101 cm³/mol. The largest absolute Gasteiger partial charge is 0.364 e. The van der Waals surface area contributed by atoms with Crippen LogP contribution in [-0.4, -0.2) is 89.6 Å². The van der Waals surface area contributed by atoms with Crippen molar-refractivity contribution in [2.45, 2.75) is 51.2 Å². The molecule has 8 heteroatoms. The summed E-state index contributed by atoms with van der Waals surface area (Å²) in [6.45, 7) is 8.24. The van der Waals surface area contributed by atoms with Crippen LogP contribution in [-0.2, 0) is 4.79 Å². The van der Waals surface area contributed by atoms with Crippen molar-refractivity contribution in [3.8, 4) is 0 Å². The molecule has 0 aliphatic carbocycles. The lowest BCUT2D eigenvalue weighted by molar-refractivity contribution is -0.136. The van der Waals surface area contributed by atoms with Crippen molar-refractivity contribution in [2.75, 3.05) is 39.8 Å². The SMILES string of the molecule is CCN(CC)C(=O)C1CC(NC(=O)c2ccon2)CN1C1CCN(C)CC1. The molecule has 1 N–H and O–H groups in total. The van der Waals surface area contributed by atoms with E-state index in [1.807, 2.05) is 18.7 Å². The van der Waals surface area contributed by atoms with Gasteiger partial charge in [0.15, 0.2) is 5.69 Å². The summed E-state index contributed by atoms with van der Waals surface area (Å²) < 4.78 is 4.76. The smallest absolute Gasteiger partial charge is 0.273 e. The summed E-state index contributed by atoms with van der Waals surface area (Å²) in [6.07, 6.45) is 4.15. The molecule has 3 heterocycles. The standard InChI is InChI=1S/C19H31N5O3/c1-4-23(5-2)19(26)17-12-14(20-18(25)16-8-11-27-21-16)13-24(17)15-6-9-22(3)10-7-15/h8,11,14-15,17H,4-7,9-10,12-13H2,1-3H3,(H,20,25). The van der Waals surface area contributed by atoms with Crippen molar-refractivity contribution in [1.29, 1.82) is 0 Å². The lowest BCUT2D eigenvalue weighted by atomic mass is 10.0. The van der Waals surface area contributed by atoms with Gasteiger partial charge in [-0.05, 0) is 53.2 Å². The molecule has 2 unspecified atom stereocenters. The van der Waals surface area contributed by atoms with E-state index in [4.69, 9.17) is 4.52 Å². The Labute approximate surface area is 160 Å². The highest BCUT2D eigenvalue weighted by Crippen LogP contribution is 2.27. The van der Waals surface area contributed by atoms with E-state index in [1.165, 1.54) is 6.26 Å². The lowest BCUT2D eigenvalue weighted by Crippen LogP contribution is -2.52. The van der Waals surface area contributed by atoms with Gasteiger partial charge in [0.1, 0.15) is 6.26 Å². The number of amides is 2. The molecule has 2 amide bonds. The number of likely N-dealkylation sites (tertiary alicyclic amines) is 2. The first-order valence-electron chi connectivity index (χ1n) is 9.97. The van der Waals surface area contributed by atoms with Crippen LogP contribution in [0.4, 0.5) is 0 Å². The molecule has 2 aliphatic heterocycles. The Bertz CT molecular complexity index is 623. The van der Waals surface area contributed by atoms with Gasteiger partial charge in [-0.15, -0.1) is 0 Å².